The van der Waals surface area contributed by atoms with E-state index in [4.69, 9.17) is 0 Å². The van der Waals surface area contributed by atoms with Crippen LogP contribution in [0.15, 0.2) is 30.6 Å². The molecule has 0 aliphatic heterocycles. The second-order valence-electron chi connectivity index (χ2n) is 4.95. The van der Waals surface area contributed by atoms with Gasteiger partial charge in [0.15, 0.2) is 0 Å². The van der Waals surface area contributed by atoms with Crippen LogP contribution in [-0.2, 0) is 0 Å². The number of aromatic nitrogens is 1. The maximum Gasteiger partial charge on any atom is 0.0497 e. The number of aliphatic hydroxyl groups is 1. The molecule has 2 nitrogen and oxygen atoms in total. The third-order valence-corrected chi connectivity index (χ3v) is 3.28. The molecule has 0 amide bonds. The number of hydrogen-bond acceptors (Lipinski definition) is 2. The Hall–Kier alpha value is -1.41. The van der Waals surface area contributed by atoms with Crippen LogP contribution in [0.2, 0.25) is 0 Å². The van der Waals surface area contributed by atoms with Gasteiger partial charge in [-0.3, -0.25) is 4.98 Å². The van der Waals surface area contributed by atoms with Crippen LogP contribution in [0.25, 0.3) is 10.8 Å². The van der Waals surface area contributed by atoms with Crippen LogP contribution in [0.4, 0.5) is 0 Å². The number of aliphatic hydroxyl groups excluding tert-OH is 1. The van der Waals surface area contributed by atoms with Gasteiger partial charge in [-0.2, -0.15) is 0 Å². The summed E-state index contributed by atoms with van der Waals surface area (Å²) >= 11 is 0. The van der Waals surface area contributed by atoms with E-state index in [1.807, 2.05) is 19.3 Å². The lowest BCUT2D eigenvalue weighted by Gasteiger charge is -2.12. The van der Waals surface area contributed by atoms with E-state index < -0.39 is 0 Å². The molecule has 1 atom stereocenters. The van der Waals surface area contributed by atoms with E-state index in [0.717, 1.165) is 5.39 Å². The van der Waals surface area contributed by atoms with Crippen molar-refractivity contribution in [3.63, 3.8) is 0 Å². The molecule has 0 spiro atoms. The largest absolute Gasteiger partial charge is 0.396 e. The minimum absolute atomic E-state index is 0.183. The van der Waals surface area contributed by atoms with Gasteiger partial charge in [0.1, 0.15) is 0 Å². The lowest BCUT2D eigenvalue weighted by Crippen LogP contribution is -1.99. The molecule has 0 saturated heterocycles. The normalized spacial score (nSPS) is 13.2. The van der Waals surface area contributed by atoms with E-state index in [2.05, 4.69) is 37.0 Å². The highest BCUT2D eigenvalue weighted by Gasteiger charge is 2.08. The number of nitrogens with zero attached hydrogens (tertiary/aromatic N) is 1. The second kappa shape index (κ2) is 4.84. The van der Waals surface area contributed by atoms with Crippen molar-refractivity contribution in [2.24, 2.45) is 0 Å². The minimum Gasteiger partial charge on any atom is -0.396 e. The van der Waals surface area contributed by atoms with Crippen molar-refractivity contribution in [1.29, 1.82) is 0 Å². The maximum atomic E-state index is 9.19. The number of hydrogen-bond donors (Lipinski definition) is 1. The molecular formula is C15H19NO. The molecule has 0 radical (unpaired) electrons. The first-order valence-corrected chi connectivity index (χ1v) is 6.12. The van der Waals surface area contributed by atoms with Gasteiger partial charge in [0.25, 0.3) is 0 Å². The van der Waals surface area contributed by atoms with Crippen LogP contribution in [0, 0.1) is 0 Å². The summed E-state index contributed by atoms with van der Waals surface area (Å²) in [5.74, 6) is 0.662. The monoisotopic (exact) mass is 229 g/mol. The number of rotatable bonds is 3. The van der Waals surface area contributed by atoms with Crippen LogP contribution < -0.4 is 0 Å². The predicted octanol–water partition coefficient (Wildman–Crippen LogP) is 3.45. The Bertz CT molecular complexity index is 519. The molecule has 1 unspecified atom stereocenters. The Morgan fingerprint density at radius 1 is 1.18 bits per heavy atom. The summed E-state index contributed by atoms with van der Waals surface area (Å²) < 4.78 is 0. The fraction of sp³-hybridized carbons (Fsp3) is 0.400. The summed E-state index contributed by atoms with van der Waals surface area (Å²) in [5.41, 5.74) is 2.45. The van der Waals surface area contributed by atoms with Crippen LogP contribution in [0.5, 0.6) is 0 Å². The molecule has 2 heteroatoms. The molecule has 0 aliphatic carbocycles. The molecule has 0 saturated carbocycles. The van der Waals surface area contributed by atoms with Gasteiger partial charge in [0.05, 0.1) is 0 Å². The van der Waals surface area contributed by atoms with Crippen molar-refractivity contribution >= 4 is 10.8 Å². The molecule has 0 aliphatic rings. The van der Waals surface area contributed by atoms with Gasteiger partial charge in [-0.05, 0) is 28.5 Å². The predicted molar refractivity (Wildman–Crippen MR) is 71.3 cm³/mol. The first kappa shape index (κ1) is 12.1. The van der Waals surface area contributed by atoms with Crippen molar-refractivity contribution in [1.82, 2.24) is 4.98 Å². The van der Waals surface area contributed by atoms with E-state index >= 15 is 0 Å². The summed E-state index contributed by atoms with van der Waals surface area (Å²) in [6.07, 6.45) is 3.84. The SMILES string of the molecule is CC(C)c1cncc2cc(C(C)CO)ccc12. The summed E-state index contributed by atoms with van der Waals surface area (Å²) in [5, 5.41) is 11.6. The van der Waals surface area contributed by atoms with E-state index in [-0.39, 0.29) is 12.5 Å². The van der Waals surface area contributed by atoms with E-state index in [0.29, 0.717) is 5.92 Å². The third kappa shape index (κ3) is 2.32. The molecule has 1 N–H and O–H groups in total. The van der Waals surface area contributed by atoms with E-state index in [1.165, 1.54) is 16.5 Å². The number of fused-ring (bicyclic) bond motifs is 1. The van der Waals surface area contributed by atoms with Gasteiger partial charge in [-0.1, -0.05) is 32.9 Å². The van der Waals surface area contributed by atoms with Gasteiger partial charge in [0.2, 0.25) is 0 Å². The highest BCUT2D eigenvalue weighted by Crippen LogP contribution is 2.27. The average molecular weight is 229 g/mol. The van der Waals surface area contributed by atoms with E-state index in [1.54, 1.807) is 0 Å². The molecule has 1 heterocycles. The smallest absolute Gasteiger partial charge is 0.0497 e. The Balaban J connectivity index is 2.57. The third-order valence-electron chi connectivity index (χ3n) is 3.28. The van der Waals surface area contributed by atoms with Crippen LogP contribution in [0.1, 0.15) is 43.7 Å². The van der Waals surface area contributed by atoms with E-state index in [9.17, 15) is 5.11 Å². The average Bonchev–Trinajstić information content (AvgIpc) is 2.36. The standard InChI is InChI=1S/C15H19NO/c1-10(2)15-8-16-7-13-6-12(11(3)9-17)4-5-14(13)15/h4-8,10-11,17H,9H2,1-3H3. The quantitative estimate of drug-likeness (QED) is 0.874. The van der Waals surface area contributed by atoms with Crippen LogP contribution in [0.3, 0.4) is 0 Å². The Morgan fingerprint density at radius 2 is 1.94 bits per heavy atom. The molecular weight excluding hydrogens is 210 g/mol. The second-order valence-corrected chi connectivity index (χ2v) is 4.95. The Kier molecular flexibility index (Phi) is 3.43. The summed E-state index contributed by atoms with van der Waals surface area (Å²) in [4.78, 5) is 4.30. The van der Waals surface area contributed by atoms with Crippen LogP contribution >= 0.6 is 0 Å². The maximum absolute atomic E-state index is 9.19. The summed E-state index contributed by atoms with van der Waals surface area (Å²) in [7, 11) is 0. The zero-order valence-electron chi connectivity index (χ0n) is 10.6. The molecule has 1 aromatic heterocycles. The lowest BCUT2D eigenvalue weighted by molar-refractivity contribution is 0.273. The fourth-order valence-electron chi connectivity index (χ4n) is 2.09. The molecule has 0 fully saturated rings. The summed E-state index contributed by atoms with van der Waals surface area (Å²) in [6, 6.07) is 6.39. The highest BCUT2D eigenvalue weighted by molar-refractivity contribution is 5.85. The Labute approximate surface area is 102 Å². The van der Waals surface area contributed by atoms with Crippen molar-refractivity contribution in [2.75, 3.05) is 6.61 Å². The molecule has 2 aromatic rings. The Morgan fingerprint density at radius 3 is 2.59 bits per heavy atom. The number of pyridine rings is 1. The molecule has 0 bridgehead atoms. The van der Waals surface area contributed by atoms with Gasteiger partial charge < -0.3 is 5.11 Å². The van der Waals surface area contributed by atoms with Crippen molar-refractivity contribution in [3.8, 4) is 0 Å². The molecule has 2 rings (SSSR count). The van der Waals surface area contributed by atoms with Crippen molar-refractivity contribution < 1.29 is 5.11 Å². The zero-order chi connectivity index (χ0) is 12.4. The number of benzene rings is 1. The van der Waals surface area contributed by atoms with Gasteiger partial charge in [-0.15, -0.1) is 0 Å². The van der Waals surface area contributed by atoms with Gasteiger partial charge >= 0.3 is 0 Å². The highest BCUT2D eigenvalue weighted by atomic mass is 16.3. The first-order valence-electron chi connectivity index (χ1n) is 6.12. The molecule has 1 aromatic carbocycles. The minimum atomic E-state index is 0.183. The lowest BCUT2D eigenvalue weighted by atomic mass is 9.94. The summed E-state index contributed by atoms with van der Waals surface area (Å²) in [6.45, 7) is 6.57. The molecule has 90 valence electrons. The topological polar surface area (TPSA) is 33.1 Å². The first-order chi connectivity index (χ1) is 8.13. The van der Waals surface area contributed by atoms with Gasteiger partial charge in [0, 0.05) is 30.3 Å². The van der Waals surface area contributed by atoms with Crippen LogP contribution in [-0.4, -0.2) is 16.7 Å². The fourth-order valence-corrected chi connectivity index (χ4v) is 2.09. The zero-order valence-corrected chi connectivity index (χ0v) is 10.6. The van der Waals surface area contributed by atoms with Gasteiger partial charge in [-0.25, -0.2) is 0 Å². The van der Waals surface area contributed by atoms with Crippen molar-refractivity contribution in [2.45, 2.75) is 32.6 Å². The van der Waals surface area contributed by atoms with Crippen molar-refractivity contribution in [3.05, 3.63) is 41.7 Å². The molecule has 17 heavy (non-hydrogen) atoms.